The van der Waals surface area contributed by atoms with Crippen LogP contribution < -0.4 is 16.2 Å². The summed E-state index contributed by atoms with van der Waals surface area (Å²) in [6.07, 6.45) is -4.15. The number of halogens is 3. The molecular weight excluding hydrogens is 453 g/mol. The van der Waals surface area contributed by atoms with Crippen LogP contribution >= 0.6 is 0 Å². The molecule has 0 fully saturated rings. The number of aryl methyl sites for hydroxylation is 1. The Morgan fingerprint density at radius 2 is 1.76 bits per heavy atom. The van der Waals surface area contributed by atoms with Crippen molar-refractivity contribution in [2.45, 2.75) is 19.0 Å². The lowest BCUT2D eigenvalue weighted by molar-refractivity contribution is -0.137. The van der Waals surface area contributed by atoms with Crippen molar-refractivity contribution in [1.82, 2.24) is 25.7 Å². The fourth-order valence-electron chi connectivity index (χ4n) is 3.22. The van der Waals surface area contributed by atoms with Gasteiger partial charge in [0.05, 0.1) is 10.9 Å². The first-order valence-electron chi connectivity index (χ1n) is 10.3. The molecule has 2 aromatic carbocycles. The van der Waals surface area contributed by atoms with E-state index >= 15 is 0 Å². The van der Waals surface area contributed by atoms with Crippen molar-refractivity contribution in [2.24, 2.45) is 0 Å². The number of alkyl halides is 3. The molecule has 2 aromatic heterocycles. The van der Waals surface area contributed by atoms with E-state index in [4.69, 9.17) is 4.52 Å². The van der Waals surface area contributed by atoms with E-state index in [9.17, 15) is 22.8 Å². The monoisotopic (exact) mass is 472 g/mol. The number of nitrogens with zero attached hydrogens (tertiary/aromatic N) is 3. The lowest BCUT2D eigenvalue weighted by Crippen LogP contribution is -2.29. The molecule has 0 spiro atoms. The van der Waals surface area contributed by atoms with Crippen LogP contribution in [0.5, 0.6) is 0 Å². The van der Waals surface area contributed by atoms with Crippen LogP contribution in [0.3, 0.4) is 0 Å². The molecule has 4 aromatic rings. The van der Waals surface area contributed by atoms with Crippen LogP contribution in [0.4, 0.5) is 19.0 Å². The molecule has 0 aliphatic heterocycles. The van der Waals surface area contributed by atoms with Gasteiger partial charge in [-0.05, 0) is 18.2 Å². The maximum Gasteiger partial charge on any atom is 0.416 e. The summed E-state index contributed by atoms with van der Waals surface area (Å²) in [6, 6.07) is 11.4. The van der Waals surface area contributed by atoms with Gasteiger partial charge in [0.15, 0.2) is 5.82 Å². The van der Waals surface area contributed by atoms with E-state index < -0.39 is 11.7 Å². The largest absolute Gasteiger partial charge is 0.416 e. The van der Waals surface area contributed by atoms with Crippen LogP contribution in [0.1, 0.15) is 17.9 Å². The highest BCUT2D eigenvalue weighted by Gasteiger charge is 2.30. The zero-order chi connectivity index (χ0) is 24.1. The number of aromatic nitrogens is 4. The first kappa shape index (κ1) is 23.0. The average molecular weight is 472 g/mol. The van der Waals surface area contributed by atoms with E-state index in [2.05, 4.69) is 31.0 Å². The highest BCUT2D eigenvalue weighted by Crippen LogP contribution is 2.30. The number of carbonyl (C=O) groups excluding carboxylic acids is 1. The van der Waals surface area contributed by atoms with Gasteiger partial charge in [-0.15, -0.1) is 0 Å². The molecule has 3 N–H and O–H groups in total. The van der Waals surface area contributed by atoms with E-state index in [1.54, 1.807) is 24.3 Å². The van der Waals surface area contributed by atoms with Crippen molar-refractivity contribution in [3.05, 3.63) is 70.3 Å². The zero-order valence-electron chi connectivity index (χ0n) is 17.6. The quantitative estimate of drug-likeness (QED) is 0.336. The maximum atomic E-state index is 12.7. The summed E-state index contributed by atoms with van der Waals surface area (Å²) in [5.74, 6) is 0.613. The molecule has 34 heavy (non-hydrogen) atoms. The van der Waals surface area contributed by atoms with Crippen LogP contribution in [0, 0.1) is 0 Å². The highest BCUT2D eigenvalue weighted by molar-refractivity contribution is 5.90. The van der Waals surface area contributed by atoms with Crippen LogP contribution in [-0.4, -0.2) is 39.3 Å². The number of amides is 1. The third-order valence-electron chi connectivity index (χ3n) is 4.94. The maximum absolute atomic E-state index is 12.7. The number of fused-ring (bicyclic) bond motifs is 1. The Bertz CT molecular complexity index is 1350. The predicted octanol–water partition coefficient (Wildman–Crippen LogP) is 3.15. The lowest BCUT2D eigenvalue weighted by Gasteiger charge is -2.08. The number of nitrogens with one attached hydrogen (secondary N) is 3. The van der Waals surface area contributed by atoms with Gasteiger partial charge in [-0.1, -0.05) is 35.5 Å². The second-order valence-electron chi connectivity index (χ2n) is 7.31. The molecule has 0 aliphatic rings. The predicted molar refractivity (Wildman–Crippen MR) is 117 cm³/mol. The van der Waals surface area contributed by atoms with Crippen LogP contribution in [0.15, 0.2) is 57.8 Å². The normalized spacial score (nSPS) is 11.5. The molecule has 0 radical (unpaired) electrons. The standard InChI is InChI=1S/C22H19F3N6O3/c23-22(24,25)14-7-5-13(6-8-14)19-28-18(34-31-19)10-9-17(32)26-11-12-27-20-15-3-1-2-4-16(15)21(33)30-29-20/h1-8H,9-12H2,(H,26,32)(H,27,29)(H,30,33). The highest BCUT2D eigenvalue weighted by atomic mass is 19.4. The summed E-state index contributed by atoms with van der Waals surface area (Å²) in [7, 11) is 0. The summed E-state index contributed by atoms with van der Waals surface area (Å²) in [5, 5.41) is 17.2. The Labute approximate surface area is 190 Å². The number of anilines is 1. The smallest absolute Gasteiger partial charge is 0.366 e. The lowest BCUT2D eigenvalue weighted by atomic mass is 10.1. The Kier molecular flexibility index (Phi) is 6.57. The van der Waals surface area contributed by atoms with Crippen molar-refractivity contribution in [1.29, 1.82) is 0 Å². The van der Waals surface area contributed by atoms with Gasteiger partial charge in [-0.2, -0.15) is 23.3 Å². The van der Waals surface area contributed by atoms with Crippen molar-refractivity contribution in [2.75, 3.05) is 18.4 Å². The number of benzene rings is 2. The number of carbonyl (C=O) groups is 1. The summed E-state index contributed by atoms with van der Waals surface area (Å²) >= 11 is 0. The van der Waals surface area contributed by atoms with Crippen molar-refractivity contribution in [3.63, 3.8) is 0 Å². The summed E-state index contributed by atoms with van der Waals surface area (Å²) in [5.41, 5.74) is -0.672. The first-order valence-corrected chi connectivity index (χ1v) is 10.3. The van der Waals surface area contributed by atoms with Gasteiger partial charge in [-0.3, -0.25) is 9.59 Å². The molecule has 1 amide bonds. The number of hydrogen-bond acceptors (Lipinski definition) is 7. The Balaban J connectivity index is 1.23. The fraction of sp³-hybridized carbons (Fsp3) is 0.227. The molecule has 176 valence electrons. The molecule has 0 bridgehead atoms. The topological polar surface area (TPSA) is 126 Å². The minimum absolute atomic E-state index is 0.0917. The van der Waals surface area contributed by atoms with Gasteiger partial charge in [0.1, 0.15) is 0 Å². The summed E-state index contributed by atoms with van der Waals surface area (Å²) in [4.78, 5) is 28.0. The summed E-state index contributed by atoms with van der Waals surface area (Å²) in [6.45, 7) is 0.696. The minimum atomic E-state index is -4.42. The van der Waals surface area contributed by atoms with Crippen LogP contribution in [0.25, 0.3) is 22.2 Å². The van der Waals surface area contributed by atoms with E-state index in [0.717, 1.165) is 12.1 Å². The molecular formula is C22H19F3N6O3. The van der Waals surface area contributed by atoms with Crippen LogP contribution in [0.2, 0.25) is 0 Å². The van der Waals surface area contributed by atoms with E-state index in [-0.39, 0.29) is 36.0 Å². The van der Waals surface area contributed by atoms with Gasteiger partial charge >= 0.3 is 6.18 Å². The Morgan fingerprint density at radius 3 is 2.50 bits per heavy atom. The fourth-order valence-corrected chi connectivity index (χ4v) is 3.22. The summed E-state index contributed by atoms with van der Waals surface area (Å²) < 4.78 is 43.1. The second kappa shape index (κ2) is 9.73. The van der Waals surface area contributed by atoms with E-state index in [1.165, 1.54) is 12.1 Å². The third kappa shape index (κ3) is 5.39. The van der Waals surface area contributed by atoms with E-state index in [0.29, 0.717) is 35.2 Å². The minimum Gasteiger partial charge on any atom is -0.366 e. The molecule has 0 saturated heterocycles. The molecule has 2 heterocycles. The zero-order valence-corrected chi connectivity index (χ0v) is 17.6. The van der Waals surface area contributed by atoms with Crippen LogP contribution in [-0.2, 0) is 17.4 Å². The average Bonchev–Trinajstić information content (AvgIpc) is 3.31. The Hall–Kier alpha value is -4.22. The molecule has 9 nitrogen and oxygen atoms in total. The molecule has 0 atom stereocenters. The van der Waals surface area contributed by atoms with Crippen molar-refractivity contribution >= 4 is 22.5 Å². The molecule has 0 saturated carbocycles. The van der Waals surface area contributed by atoms with Crippen molar-refractivity contribution in [3.8, 4) is 11.4 Å². The number of aromatic amines is 1. The SMILES string of the molecule is O=C(CCc1nc(-c2ccc(C(F)(F)F)cc2)no1)NCCNc1n[nH]c(=O)c2ccccc12. The number of H-pyrrole nitrogens is 1. The van der Waals surface area contributed by atoms with E-state index in [1.807, 2.05) is 0 Å². The third-order valence-corrected chi connectivity index (χ3v) is 4.94. The number of hydrogen-bond donors (Lipinski definition) is 3. The molecule has 12 heteroatoms. The Morgan fingerprint density at radius 1 is 1.03 bits per heavy atom. The van der Waals surface area contributed by atoms with Gasteiger partial charge in [-0.25, -0.2) is 5.10 Å². The van der Waals surface area contributed by atoms with Crippen molar-refractivity contribution < 1.29 is 22.5 Å². The number of rotatable bonds is 8. The molecule has 0 aliphatic carbocycles. The molecule has 0 unspecified atom stereocenters. The van der Waals surface area contributed by atoms with Gasteiger partial charge < -0.3 is 15.2 Å². The first-order chi connectivity index (χ1) is 16.3. The van der Waals surface area contributed by atoms with Gasteiger partial charge in [0.2, 0.25) is 17.6 Å². The van der Waals surface area contributed by atoms with Gasteiger partial charge in [0, 0.05) is 36.9 Å². The second-order valence-corrected chi connectivity index (χ2v) is 7.31. The van der Waals surface area contributed by atoms with Gasteiger partial charge in [0.25, 0.3) is 5.56 Å². The molecule has 4 rings (SSSR count).